The van der Waals surface area contributed by atoms with Gasteiger partial charge in [-0.2, -0.15) is 5.10 Å². The molecule has 0 saturated heterocycles. The molecular weight excluding hydrogens is 328 g/mol. The van der Waals surface area contributed by atoms with Crippen molar-refractivity contribution in [2.24, 2.45) is 0 Å². The lowest BCUT2D eigenvalue weighted by Crippen LogP contribution is -2.15. The maximum atomic E-state index is 12.6. The van der Waals surface area contributed by atoms with E-state index in [4.69, 9.17) is 16.3 Å². The highest BCUT2D eigenvalue weighted by Crippen LogP contribution is 2.29. The van der Waals surface area contributed by atoms with Gasteiger partial charge >= 0.3 is 0 Å². The zero-order valence-electron chi connectivity index (χ0n) is 11.4. The number of ether oxygens (including phenoxy) is 1. The minimum atomic E-state index is -3.89. The smallest absolute Gasteiger partial charge is 0.265 e. The average Bonchev–Trinajstić information content (AvgIpc) is 2.96. The van der Waals surface area contributed by atoms with E-state index in [1.165, 1.54) is 30.1 Å². The van der Waals surface area contributed by atoms with Crippen molar-refractivity contribution in [3.8, 4) is 5.75 Å². The average molecular weight is 339 g/mol. The summed E-state index contributed by atoms with van der Waals surface area (Å²) in [6.07, 6.45) is 3.01. The Morgan fingerprint density at radius 2 is 2.14 bits per heavy atom. The van der Waals surface area contributed by atoms with Crippen LogP contribution in [0.1, 0.15) is 0 Å². The molecule has 0 amide bonds. The van der Waals surface area contributed by atoms with E-state index in [1.807, 2.05) is 0 Å². The molecule has 0 atom stereocenters. The molecule has 114 valence electrons. The molecule has 0 aliphatic heterocycles. The summed E-state index contributed by atoms with van der Waals surface area (Å²) in [5.74, 6) is 0.199. The van der Waals surface area contributed by atoms with E-state index in [1.54, 1.807) is 24.4 Å². The molecule has 1 N–H and O–H groups in total. The van der Waals surface area contributed by atoms with Crippen LogP contribution in [0.15, 0.2) is 47.8 Å². The molecule has 0 spiro atoms. The second-order valence-corrected chi connectivity index (χ2v) is 6.44. The lowest BCUT2D eigenvalue weighted by Gasteiger charge is -2.12. The van der Waals surface area contributed by atoms with Crippen LogP contribution in [0.25, 0.3) is 5.65 Å². The summed E-state index contributed by atoms with van der Waals surface area (Å²) in [7, 11) is -2.50. The minimum Gasteiger partial charge on any atom is -0.495 e. The van der Waals surface area contributed by atoms with Gasteiger partial charge in [-0.1, -0.05) is 11.6 Å². The van der Waals surface area contributed by atoms with Crippen molar-refractivity contribution < 1.29 is 13.2 Å². The zero-order valence-corrected chi connectivity index (χ0v) is 13.0. The molecule has 2 heterocycles. The van der Waals surface area contributed by atoms with Crippen LogP contribution in [0.3, 0.4) is 0 Å². The number of benzene rings is 1. The third-order valence-corrected chi connectivity index (χ3v) is 4.59. The van der Waals surface area contributed by atoms with Gasteiger partial charge in [-0.25, -0.2) is 17.9 Å². The highest BCUT2D eigenvalue weighted by molar-refractivity contribution is 7.92. The van der Waals surface area contributed by atoms with E-state index in [0.29, 0.717) is 16.4 Å². The standard InChI is InChI=1S/C13H11ClN4O3S/c1-21-11-5-4-9(14)7-12(11)22(19,20)17-10-3-2-6-18-13(10)15-8-16-18/h2-8,17H,1H3. The van der Waals surface area contributed by atoms with Gasteiger partial charge in [0.1, 0.15) is 17.0 Å². The van der Waals surface area contributed by atoms with Crippen molar-refractivity contribution in [2.45, 2.75) is 4.90 Å². The molecule has 0 saturated carbocycles. The molecule has 2 aromatic heterocycles. The van der Waals surface area contributed by atoms with Crippen LogP contribution in [-0.2, 0) is 10.0 Å². The predicted octanol–water partition coefficient (Wildman–Crippen LogP) is 2.19. The summed E-state index contributed by atoms with van der Waals surface area (Å²) in [5.41, 5.74) is 0.703. The Morgan fingerprint density at radius 1 is 1.32 bits per heavy atom. The maximum Gasteiger partial charge on any atom is 0.265 e. The summed E-state index contributed by atoms with van der Waals surface area (Å²) < 4.78 is 34.2. The summed E-state index contributed by atoms with van der Waals surface area (Å²) in [6, 6.07) is 7.63. The Morgan fingerprint density at radius 3 is 2.91 bits per heavy atom. The van der Waals surface area contributed by atoms with Crippen molar-refractivity contribution in [3.05, 3.63) is 47.9 Å². The quantitative estimate of drug-likeness (QED) is 0.788. The van der Waals surface area contributed by atoms with Gasteiger partial charge in [-0.3, -0.25) is 4.72 Å². The number of pyridine rings is 1. The summed E-state index contributed by atoms with van der Waals surface area (Å²) >= 11 is 5.89. The van der Waals surface area contributed by atoms with Gasteiger partial charge in [0.15, 0.2) is 5.65 Å². The molecule has 22 heavy (non-hydrogen) atoms. The molecule has 0 aliphatic rings. The fourth-order valence-corrected chi connectivity index (χ4v) is 3.48. The number of fused-ring (bicyclic) bond motifs is 1. The Hall–Kier alpha value is -2.32. The number of rotatable bonds is 4. The number of methoxy groups -OCH3 is 1. The number of nitrogens with zero attached hydrogens (tertiary/aromatic N) is 3. The number of hydrogen-bond donors (Lipinski definition) is 1. The van der Waals surface area contributed by atoms with Gasteiger partial charge in [-0.15, -0.1) is 0 Å². The van der Waals surface area contributed by atoms with Crippen molar-refractivity contribution in [2.75, 3.05) is 11.8 Å². The summed E-state index contributed by atoms with van der Waals surface area (Å²) in [6.45, 7) is 0. The zero-order chi connectivity index (χ0) is 15.7. The SMILES string of the molecule is COc1ccc(Cl)cc1S(=O)(=O)Nc1cccn2ncnc12. The number of nitrogens with one attached hydrogen (secondary N) is 1. The number of sulfonamides is 1. The van der Waals surface area contributed by atoms with Crippen molar-refractivity contribution in [1.29, 1.82) is 0 Å². The van der Waals surface area contributed by atoms with Gasteiger partial charge in [-0.05, 0) is 30.3 Å². The molecule has 0 aliphatic carbocycles. The molecule has 9 heteroatoms. The Kier molecular flexibility index (Phi) is 3.63. The monoisotopic (exact) mass is 338 g/mol. The molecule has 0 unspecified atom stereocenters. The highest BCUT2D eigenvalue weighted by Gasteiger charge is 2.21. The van der Waals surface area contributed by atoms with Crippen LogP contribution in [0.2, 0.25) is 5.02 Å². The summed E-state index contributed by atoms with van der Waals surface area (Å²) in [5, 5.41) is 4.25. The topological polar surface area (TPSA) is 85.6 Å². The van der Waals surface area contributed by atoms with Gasteiger partial charge in [0.05, 0.1) is 12.8 Å². The number of hydrogen-bond acceptors (Lipinski definition) is 5. The highest BCUT2D eigenvalue weighted by atomic mass is 35.5. The Bertz CT molecular complexity index is 939. The second-order valence-electron chi connectivity index (χ2n) is 4.35. The second kappa shape index (κ2) is 5.47. The Balaban J connectivity index is 2.08. The molecule has 1 aromatic carbocycles. The number of halogens is 1. The van der Waals surface area contributed by atoms with Crippen LogP contribution >= 0.6 is 11.6 Å². The maximum absolute atomic E-state index is 12.6. The van der Waals surface area contributed by atoms with Crippen molar-refractivity contribution in [3.63, 3.8) is 0 Å². The molecule has 0 fully saturated rings. The van der Waals surface area contributed by atoms with Crippen LogP contribution in [-0.4, -0.2) is 30.1 Å². The van der Waals surface area contributed by atoms with Gasteiger partial charge in [0, 0.05) is 11.2 Å². The fourth-order valence-electron chi connectivity index (χ4n) is 1.99. The molecule has 3 rings (SSSR count). The molecule has 0 bridgehead atoms. The van der Waals surface area contributed by atoms with Crippen LogP contribution in [0, 0.1) is 0 Å². The number of aromatic nitrogens is 3. The van der Waals surface area contributed by atoms with Gasteiger partial charge < -0.3 is 4.74 Å². The first-order valence-electron chi connectivity index (χ1n) is 6.16. The van der Waals surface area contributed by atoms with Crippen LogP contribution in [0.4, 0.5) is 5.69 Å². The lowest BCUT2D eigenvalue weighted by molar-refractivity contribution is 0.403. The predicted molar refractivity (Wildman–Crippen MR) is 81.8 cm³/mol. The first-order valence-corrected chi connectivity index (χ1v) is 8.02. The van der Waals surface area contributed by atoms with Crippen LogP contribution < -0.4 is 9.46 Å². The van der Waals surface area contributed by atoms with E-state index in [2.05, 4.69) is 14.8 Å². The molecular formula is C13H11ClN4O3S. The lowest BCUT2D eigenvalue weighted by atomic mass is 10.3. The van der Waals surface area contributed by atoms with Gasteiger partial charge in [0.2, 0.25) is 0 Å². The van der Waals surface area contributed by atoms with E-state index < -0.39 is 10.0 Å². The third kappa shape index (κ3) is 2.58. The fraction of sp³-hybridized carbons (Fsp3) is 0.0769. The van der Waals surface area contributed by atoms with E-state index in [-0.39, 0.29) is 10.6 Å². The van der Waals surface area contributed by atoms with Gasteiger partial charge in [0.25, 0.3) is 10.0 Å². The normalized spacial score (nSPS) is 11.5. The first-order chi connectivity index (χ1) is 10.5. The van der Waals surface area contributed by atoms with E-state index >= 15 is 0 Å². The summed E-state index contributed by atoms with van der Waals surface area (Å²) in [4.78, 5) is 3.97. The van der Waals surface area contributed by atoms with Crippen LogP contribution in [0.5, 0.6) is 5.75 Å². The van der Waals surface area contributed by atoms with Crippen molar-refractivity contribution >= 4 is 33.0 Å². The van der Waals surface area contributed by atoms with E-state index in [0.717, 1.165) is 0 Å². The first kappa shape index (κ1) is 14.6. The Labute approximate surface area is 131 Å². The molecule has 7 nitrogen and oxygen atoms in total. The minimum absolute atomic E-state index is 0.0518. The largest absolute Gasteiger partial charge is 0.495 e. The molecule has 3 aromatic rings. The molecule has 0 radical (unpaired) electrons. The number of anilines is 1. The van der Waals surface area contributed by atoms with Crippen molar-refractivity contribution in [1.82, 2.24) is 14.6 Å². The van der Waals surface area contributed by atoms with E-state index in [9.17, 15) is 8.42 Å². The third-order valence-electron chi connectivity index (χ3n) is 2.96.